The van der Waals surface area contributed by atoms with Gasteiger partial charge in [0.1, 0.15) is 5.82 Å². The number of fused-ring (bicyclic) bond motifs is 1. The first kappa shape index (κ1) is 9.71. The largest absolute Gasteiger partial charge is 0.335 e. The summed E-state index contributed by atoms with van der Waals surface area (Å²) in [5.41, 5.74) is 6.78. The van der Waals surface area contributed by atoms with Crippen LogP contribution in [0, 0.1) is 0 Å². The molecule has 0 bridgehead atoms. The summed E-state index contributed by atoms with van der Waals surface area (Å²) >= 11 is 0. The summed E-state index contributed by atoms with van der Waals surface area (Å²) in [6, 6.07) is 0. The zero-order chi connectivity index (χ0) is 9.97. The van der Waals surface area contributed by atoms with Gasteiger partial charge in [0.25, 0.3) is 0 Å². The van der Waals surface area contributed by atoms with E-state index in [1.54, 1.807) is 0 Å². The third-order valence-corrected chi connectivity index (χ3v) is 3.03. The van der Waals surface area contributed by atoms with Gasteiger partial charge in [0.15, 0.2) is 0 Å². The standard InChI is InChI=1S/C11H19N3/c1-9(5-6-12)10-8-14-7-3-2-4-11(14)13-10/h8-9H,2-7,12H2,1H3. The van der Waals surface area contributed by atoms with Crippen LogP contribution in [0.4, 0.5) is 0 Å². The molecule has 3 heteroatoms. The van der Waals surface area contributed by atoms with Crippen molar-refractivity contribution in [2.24, 2.45) is 5.73 Å². The number of nitrogens with zero attached hydrogens (tertiary/aromatic N) is 2. The van der Waals surface area contributed by atoms with Gasteiger partial charge in [0.2, 0.25) is 0 Å². The summed E-state index contributed by atoms with van der Waals surface area (Å²) in [5, 5.41) is 0. The van der Waals surface area contributed by atoms with Crippen LogP contribution in [-0.4, -0.2) is 16.1 Å². The quantitative estimate of drug-likeness (QED) is 0.793. The van der Waals surface area contributed by atoms with E-state index in [-0.39, 0.29) is 0 Å². The summed E-state index contributed by atoms with van der Waals surface area (Å²) in [7, 11) is 0. The van der Waals surface area contributed by atoms with Crippen molar-refractivity contribution >= 4 is 0 Å². The summed E-state index contributed by atoms with van der Waals surface area (Å²) in [4.78, 5) is 4.68. The Kier molecular flexibility index (Phi) is 2.87. The predicted octanol–water partition coefficient (Wildman–Crippen LogP) is 1.67. The summed E-state index contributed by atoms with van der Waals surface area (Å²) in [5.74, 6) is 1.79. The lowest BCUT2D eigenvalue weighted by molar-refractivity contribution is 0.522. The van der Waals surface area contributed by atoms with Crippen LogP contribution in [0.2, 0.25) is 0 Å². The fourth-order valence-corrected chi connectivity index (χ4v) is 2.07. The third-order valence-electron chi connectivity index (χ3n) is 3.03. The maximum Gasteiger partial charge on any atom is 0.108 e. The maximum absolute atomic E-state index is 5.55. The maximum atomic E-state index is 5.55. The molecule has 1 atom stereocenters. The topological polar surface area (TPSA) is 43.8 Å². The molecule has 2 heterocycles. The van der Waals surface area contributed by atoms with Crippen LogP contribution < -0.4 is 5.73 Å². The van der Waals surface area contributed by atoms with E-state index in [0.29, 0.717) is 5.92 Å². The molecule has 2 rings (SSSR count). The van der Waals surface area contributed by atoms with Gasteiger partial charge in [-0.2, -0.15) is 0 Å². The summed E-state index contributed by atoms with van der Waals surface area (Å²) < 4.78 is 2.31. The number of rotatable bonds is 3. The minimum Gasteiger partial charge on any atom is -0.335 e. The first-order valence-electron chi connectivity index (χ1n) is 5.57. The fraction of sp³-hybridized carbons (Fsp3) is 0.727. The van der Waals surface area contributed by atoms with Gasteiger partial charge < -0.3 is 10.3 Å². The van der Waals surface area contributed by atoms with Crippen LogP contribution in [0.1, 0.15) is 43.6 Å². The molecule has 0 fully saturated rings. The molecule has 3 nitrogen and oxygen atoms in total. The van der Waals surface area contributed by atoms with Crippen molar-refractivity contribution in [3.63, 3.8) is 0 Å². The van der Waals surface area contributed by atoms with Gasteiger partial charge in [0.05, 0.1) is 5.69 Å². The Bertz CT molecular complexity index is 280. The lowest BCUT2D eigenvalue weighted by Gasteiger charge is -2.11. The van der Waals surface area contributed by atoms with E-state index in [4.69, 9.17) is 5.73 Å². The van der Waals surface area contributed by atoms with Gasteiger partial charge in [-0.05, 0) is 25.8 Å². The van der Waals surface area contributed by atoms with E-state index in [2.05, 4.69) is 22.7 Å². The molecule has 0 saturated heterocycles. The zero-order valence-electron chi connectivity index (χ0n) is 8.87. The Hall–Kier alpha value is -0.830. The number of nitrogens with two attached hydrogens (primary N) is 1. The number of aryl methyl sites for hydroxylation is 2. The molecule has 1 aliphatic heterocycles. The highest BCUT2D eigenvalue weighted by molar-refractivity contribution is 5.10. The molecule has 0 amide bonds. The van der Waals surface area contributed by atoms with Crippen molar-refractivity contribution in [1.82, 2.24) is 9.55 Å². The van der Waals surface area contributed by atoms with Crippen molar-refractivity contribution in [1.29, 1.82) is 0 Å². The molecular formula is C11H19N3. The van der Waals surface area contributed by atoms with Crippen molar-refractivity contribution in [2.75, 3.05) is 6.54 Å². The van der Waals surface area contributed by atoms with Crippen molar-refractivity contribution in [2.45, 2.75) is 45.1 Å². The SMILES string of the molecule is CC(CCN)c1cn2c(n1)CCCC2. The zero-order valence-corrected chi connectivity index (χ0v) is 8.87. The molecule has 2 N–H and O–H groups in total. The highest BCUT2D eigenvalue weighted by Gasteiger charge is 2.15. The normalized spacial score (nSPS) is 17.9. The second-order valence-corrected chi connectivity index (χ2v) is 4.21. The Morgan fingerprint density at radius 3 is 3.14 bits per heavy atom. The summed E-state index contributed by atoms with van der Waals surface area (Å²) in [6.45, 7) is 4.11. The molecular weight excluding hydrogens is 174 g/mol. The van der Waals surface area contributed by atoms with Crippen LogP contribution in [-0.2, 0) is 13.0 Å². The van der Waals surface area contributed by atoms with E-state index in [9.17, 15) is 0 Å². The van der Waals surface area contributed by atoms with Gasteiger partial charge in [-0.25, -0.2) is 4.98 Å². The summed E-state index contributed by atoms with van der Waals surface area (Å²) in [6.07, 6.45) is 7.00. The van der Waals surface area contributed by atoms with Gasteiger partial charge in [-0.3, -0.25) is 0 Å². The van der Waals surface area contributed by atoms with Crippen LogP contribution in [0.3, 0.4) is 0 Å². The Balaban J connectivity index is 2.15. The number of aromatic nitrogens is 2. The van der Waals surface area contributed by atoms with Crippen molar-refractivity contribution in [3.05, 3.63) is 17.7 Å². The molecule has 1 aromatic heterocycles. The van der Waals surface area contributed by atoms with E-state index >= 15 is 0 Å². The number of hydrogen-bond donors (Lipinski definition) is 1. The molecule has 0 spiro atoms. The molecule has 0 aromatic carbocycles. The first-order chi connectivity index (χ1) is 6.81. The molecule has 0 saturated carbocycles. The van der Waals surface area contributed by atoms with E-state index in [1.165, 1.54) is 24.4 Å². The van der Waals surface area contributed by atoms with Crippen LogP contribution >= 0.6 is 0 Å². The lowest BCUT2D eigenvalue weighted by atomic mass is 10.1. The molecule has 78 valence electrons. The number of hydrogen-bond acceptors (Lipinski definition) is 2. The fourth-order valence-electron chi connectivity index (χ4n) is 2.07. The van der Waals surface area contributed by atoms with Gasteiger partial charge >= 0.3 is 0 Å². The van der Waals surface area contributed by atoms with Crippen molar-refractivity contribution in [3.8, 4) is 0 Å². The minimum atomic E-state index is 0.512. The molecule has 1 aliphatic rings. The minimum absolute atomic E-state index is 0.512. The van der Waals surface area contributed by atoms with Crippen LogP contribution in [0.15, 0.2) is 6.20 Å². The van der Waals surface area contributed by atoms with Crippen molar-refractivity contribution < 1.29 is 0 Å². The molecule has 14 heavy (non-hydrogen) atoms. The van der Waals surface area contributed by atoms with Gasteiger partial charge in [-0.15, -0.1) is 0 Å². The van der Waals surface area contributed by atoms with Gasteiger partial charge in [0, 0.05) is 25.1 Å². The Morgan fingerprint density at radius 2 is 2.43 bits per heavy atom. The molecule has 1 aromatic rings. The smallest absolute Gasteiger partial charge is 0.108 e. The first-order valence-corrected chi connectivity index (χ1v) is 5.57. The van der Waals surface area contributed by atoms with Gasteiger partial charge in [-0.1, -0.05) is 6.92 Å². The third kappa shape index (κ3) is 1.82. The average molecular weight is 193 g/mol. The second-order valence-electron chi connectivity index (χ2n) is 4.21. The average Bonchev–Trinajstić information content (AvgIpc) is 2.61. The van der Waals surface area contributed by atoms with E-state index in [0.717, 1.165) is 25.9 Å². The Labute approximate surface area is 85.3 Å². The highest BCUT2D eigenvalue weighted by Crippen LogP contribution is 2.21. The van der Waals surface area contributed by atoms with E-state index < -0.39 is 0 Å². The highest BCUT2D eigenvalue weighted by atomic mass is 15.1. The van der Waals surface area contributed by atoms with Crippen LogP contribution in [0.25, 0.3) is 0 Å². The predicted molar refractivity (Wildman–Crippen MR) is 57.3 cm³/mol. The lowest BCUT2D eigenvalue weighted by Crippen LogP contribution is -2.08. The number of imidazole rings is 1. The Morgan fingerprint density at radius 1 is 1.57 bits per heavy atom. The van der Waals surface area contributed by atoms with Crippen LogP contribution in [0.5, 0.6) is 0 Å². The second kappa shape index (κ2) is 4.13. The molecule has 1 unspecified atom stereocenters. The monoisotopic (exact) mass is 193 g/mol. The molecule has 0 radical (unpaired) electrons. The van der Waals surface area contributed by atoms with E-state index in [1.807, 2.05) is 0 Å². The molecule has 0 aliphatic carbocycles.